The molecule has 0 aliphatic carbocycles. The molecule has 108 valence electrons. The molecule has 6 heteroatoms. The molecule has 0 saturated heterocycles. The Morgan fingerprint density at radius 1 is 1.05 bits per heavy atom. The van der Waals surface area contributed by atoms with Crippen molar-refractivity contribution >= 4 is 15.7 Å². The van der Waals surface area contributed by atoms with Gasteiger partial charge in [-0.05, 0) is 25.1 Å². The van der Waals surface area contributed by atoms with Crippen LogP contribution in [-0.2, 0) is 10.0 Å². The Morgan fingerprint density at radius 2 is 1.79 bits per heavy atom. The quantitative estimate of drug-likeness (QED) is 0.600. The summed E-state index contributed by atoms with van der Waals surface area (Å²) >= 11 is 0. The van der Waals surface area contributed by atoms with Crippen LogP contribution < -0.4 is 15.4 Å². The summed E-state index contributed by atoms with van der Waals surface area (Å²) in [4.78, 5) is 0.306. The van der Waals surface area contributed by atoms with Gasteiger partial charge in [0.05, 0.1) is 5.69 Å². The fourth-order valence-electron chi connectivity index (χ4n) is 1.62. The monoisotopic (exact) mass is 285 g/mol. The SMILES string of the molecule is CCCNS(=O)(=O)c1ccccc1NCCNCC. The molecule has 0 heterocycles. The minimum atomic E-state index is -3.43. The van der Waals surface area contributed by atoms with E-state index in [0.29, 0.717) is 23.7 Å². The van der Waals surface area contributed by atoms with Gasteiger partial charge in [0, 0.05) is 19.6 Å². The van der Waals surface area contributed by atoms with Crippen molar-refractivity contribution in [3.05, 3.63) is 24.3 Å². The zero-order valence-electron chi connectivity index (χ0n) is 11.6. The van der Waals surface area contributed by atoms with Gasteiger partial charge in [0.2, 0.25) is 10.0 Å². The Hall–Kier alpha value is -1.11. The van der Waals surface area contributed by atoms with E-state index in [1.807, 2.05) is 19.9 Å². The molecule has 0 fully saturated rings. The Morgan fingerprint density at radius 3 is 2.47 bits per heavy atom. The van der Waals surface area contributed by atoms with Crippen molar-refractivity contribution in [1.29, 1.82) is 0 Å². The normalized spacial score (nSPS) is 11.5. The molecule has 5 nitrogen and oxygen atoms in total. The van der Waals surface area contributed by atoms with Gasteiger partial charge in [-0.1, -0.05) is 26.0 Å². The predicted molar refractivity (Wildman–Crippen MR) is 79.0 cm³/mol. The van der Waals surface area contributed by atoms with Gasteiger partial charge in [-0.3, -0.25) is 0 Å². The third kappa shape index (κ3) is 5.18. The van der Waals surface area contributed by atoms with Gasteiger partial charge < -0.3 is 10.6 Å². The van der Waals surface area contributed by atoms with Crippen molar-refractivity contribution < 1.29 is 8.42 Å². The second kappa shape index (κ2) is 8.14. The molecule has 0 aliphatic heterocycles. The zero-order valence-corrected chi connectivity index (χ0v) is 12.4. The van der Waals surface area contributed by atoms with E-state index in [1.54, 1.807) is 18.2 Å². The fourth-order valence-corrected chi connectivity index (χ4v) is 2.94. The van der Waals surface area contributed by atoms with Crippen LogP contribution in [-0.4, -0.2) is 34.6 Å². The first kappa shape index (κ1) is 15.9. The van der Waals surface area contributed by atoms with E-state index >= 15 is 0 Å². The van der Waals surface area contributed by atoms with Crippen molar-refractivity contribution in [3.63, 3.8) is 0 Å². The van der Waals surface area contributed by atoms with Gasteiger partial charge in [0.15, 0.2) is 0 Å². The summed E-state index contributed by atoms with van der Waals surface area (Å²) in [6.45, 7) is 6.81. The average molecular weight is 285 g/mol. The van der Waals surface area contributed by atoms with E-state index in [4.69, 9.17) is 0 Å². The molecular formula is C13H23N3O2S. The molecule has 3 N–H and O–H groups in total. The molecule has 1 aromatic rings. The molecule has 0 amide bonds. The minimum Gasteiger partial charge on any atom is -0.383 e. The van der Waals surface area contributed by atoms with Gasteiger partial charge in [-0.15, -0.1) is 0 Å². The van der Waals surface area contributed by atoms with Crippen LogP contribution in [0.5, 0.6) is 0 Å². The summed E-state index contributed by atoms with van der Waals surface area (Å²) in [5.41, 5.74) is 0.643. The van der Waals surface area contributed by atoms with Crippen molar-refractivity contribution in [2.45, 2.75) is 25.2 Å². The van der Waals surface area contributed by atoms with E-state index in [-0.39, 0.29) is 0 Å². The summed E-state index contributed by atoms with van der Waals surface area (Å²) < 4.78 is 26.9. The molecule has 19 heavy (non-hydrogen) atoms. The van der Waals surface area contributed by atoms with Crippen LogP contribution in [0.1, 0.15) is 20.3 Å². The van der Waals surface area contributed by atoms with E-state index in [9.17, 15) is 8.42 Å². The van der Waals surface area contributed by atoms with Crippen LogP contribution in [0.2, 0.25) is 0 Å². The minimum absolute atomic E-state index is 0.306. The molecule has 0 aromatic heterocycles. The molecule has 1 rings (SSSR count). The van der Waals surface area contributed by atoms with E-state index in [1.165, 1.54) is 0 Å². The number of hydrogen-bond acceptors (Lipinski definition) is 4. The number of sulfonamides is 1. The molecule has 0 spiro atoms. The van der Waals surface area contributed by atoms with Crippen LogP contribution in [0.3, 0.4) is 0 Å². The summed E-state index contributed by atoms with van der Waals surface area (Å²) in [7, 11) is -3.43. The fraction of sp³-hybridized carbons (Fsp3) is 0.538. The van der Waals surface area contributed by atoms with Crippen molar-refractivity contribution in [2.24, 2.45) is 0 Å². The van der Waals surface area contributed by atoms with Gasteiger partial charge in [-0.2, -0.15) is 0 Å². The number of rotatable bonds is 9. The lowest BCUT2D eigenvalue weighted by molar-refractivity contribution is 0.581. The van der Waals surface area contributed by atoms with Crippen LogP contribution >= 0.6 is 0 Å². The Bertz CT molecular complexity index is 475. The molecule has 0 bridgehead atoms. The Kier molecular flexibility index (Phi) is 6.83. The van der Waals surface area contributed by atoms with Gasteiger partial charge >= 0.3 is 0 Å². The highest BCUT2D eigenvalue weighted by molar-refractivity contribution is 7.89. The molecular weight excluding hydrogens is 262 g/mol. The molecule has 0 atom stereocenters. The first-order valence-corrected chi connectivity index (χ1v) is 8.13. The lowest BCUT2D eigenvalue weighted by Crippen LogP contribution is -2.26. The maximum Gasteiger partial charge on any atom is 0.242 e. The summed E-state index contributed by atoms with van der Waals surface area (Å²) in [5, 5.41) is 6.33. The summed E-state index contributed by atoms with van der Waals surface area (Å²) in [5.74, 6) is 0. The number of benzene rings is 1. The van der Waals surface area contributed by atoms with E-state index in [2.05, 4.69) is 15.4 Å². The van der Waals surface area contributed by atoms with Crippen molar-refractivity contribution in [3.8, 4) is 0 Å². The highest BCUT2D eigenvalue weighted by atomic mass is 32.2. The van der Waals surface area contributed by atoms with Crippen LogP contribution in [0, 0.1) is 0 Å². The lowest BCUT2D eigenvalue weighted by Gasteiger charge is -2.13. The molecule has 1 aromatic carbocycles. The maximum atomic E-state index is 12.1. The summed E-state index contributed by atoms with van der Waals surface area (Å²) in [6, 6.07) is 6.96. The number of hydrogen-bond donors (Lipinski definition) is 3. The Labute approximate surface area is 115 Å². The molecule has 0 unspecified atom stereocenters. The first-order chi connectivity index (χ1) is 9.11. The van der Waals surface area contributed by atoms with E-state index in [0.717, 1.165) is 19.5 Å². The van der Waals surface area contributed by atoms with E-state index < -0.39 is 10.0 Å². The van der Waals surface area contributed by atoms with Gasteiger partial charge in [0.1, 0.15) is 4.90 Å². The van der Waals surface area contributed by atoms with Crippen LogP contribution in [0.15, 0.2) is 29.2 Å². The van der Waals surface area contributed by atoms with Gasteiger partial charge in [-0.25, -0.2) is 13.1 Å². The highest BCUT2D eigenvalue weighted by Crippen LogP contribution is 2.20. The van der Waals surface area contributed by atoms with Crippen molar-refractivity contribution in [1.82, 2.24) is 10.0 Å². The lowest BCUT2D eigenvalue weighted by atomic mass is 10.3. The van der Waals surface area contributed by atoms with Gasteiger partial charge in [0.25, 0.3) is 0 Å². The molecule has 0 aliphatic rings. The first-order valence-electron chi connectivity index (χ1n) is 6.65. The third-order valence-corrected chi connectivity index (χ3v) is 4.11. The Balaban J connectivity index is 2.77. The summed E-state index contributed by atoms with van der Waals surface area (Å²) in [6.07, 6.45) is 0.773. The van der Waals surface area contributed by atoms with Crippen LogP contribution in [0.4, 0.5) is 5.69 Å². The number of anilines is 1. The predicted octanol–water partition coefficient (Wildman–Crippen LogP) is 1.40. The zero-order chi connectivity index (χ0) is 14.1. The topological polar surface area (TPSA) is 70.2 Å². The number of likely N-dealkylation sites (N-methyl/N-ethyl adjacent to an activating group) is 1. The largest absolute Gasteiger partial charge is 0.383 e. The van der Waals surface area contributed by atoms with Crippen molar-refractivity contribution in [2.75, 3.05) is 31.5 Å². The second-order valence-corrected chi connectivity index (χ2v) is 5.91. The number of nitrogens with one attached hydrogen (secondary N) is 3. The maximum absolute atomic E-state index is 12.1. The number of para-hydroxylation sites is 1. The molecule has 0 saturated carbocycles. The smallest absolute Gasteiger partial charge is 0.242 e. The third-order valence-electron chi connectivity index (χ3n) is 2.59. The second-order valence-electron chi connectivity index (χ2n) is 4.17. The molecule has 0 radical (unpaired) electrons. The standard InChI is InChI=1S/C13H23N3O2S/c1-3-9-16-19(17,18)13-8-6-5-7-12(13)15-11-10-14-4-2/h5-8,14-16H,3-4,9-11H2,1-2H3. The average Bonchev–Trinajstić information content (AvgIpc) is 2.42. The highest BCUT2D eigenvalue weighted by Gasteiger charge is 2.16. The van der Waals surface area contributed by atoms with Crippen LogP contribution in [0.25, 0.3) is 0 Å².